The number of nitrogens with one attached hydrogen (secondary N) is 1. The van der Waals surface area contributed by atoms with E-state index in [4.69, 9.17) is 9.47 Å². The van der Waals surface area contributed by atoms with Crippen LogP contribution in [0.5, 0.6) is 5.75 Å². The third-order valence-corrected chi connectivity index (χ3v) is 7.99. The summed E-state index contributed by atoms with van der Waals surface area (Å²) in [4.78, 5) is 0. The van der Waals surface area contributed by atoms with Crippen molar-refractivity contribution in [2.75, 3.05) is 13.7 Å². The fourth-order valence-electron chi connectivity index (χ4n) is 4.45. The third-order valence-electron chi connectivity index (χ3n) is 6.13. The molecule has 0 amide bonds. The van der Waals surface area contributed by atoms with Gasteiger partial charge in [0, 0.05) is 12.2 Å². The van der Waals surface area contributed by atoms with Crippen molar-refractivity contribution in [2.45, 2.75) is 37.2 Å². The molecule has 9 heteroatoms. The van der Waals surface area contributed by atoms with Crippen molar-refractivity contribution >= 4 is 16.0 Å². The zero-order valence-electron chi connectivity index (χ0n) is 20.3. The Hall–Kier alpha value is -3.43. The highest BCUT2D eigenvalue weighted by Gasteiger charge is 2.47. The van der Waals surface area contributed by atoms with Gasteiger partial charge in [-0.05, 0) is 55.2 Å². The Labute approximate surface area is 210 Å². The Balaban J connectivity index is 1.61. The lowest BCUT2D eigenvalue weighted by Crippen LogP contribution is -2.47. The van der Waals surface area contributed by atoms with Crippen LogP contribution in [-0.2, 0) is 14.8 Å². The van der Waals surface area contributed by atoms with Crippen LogP contribution in [-0.4, -0.2) is 38.9 Å². The van der Waals surface area contributed by atoms with Crippen molar-refractivity contribution < 1.29 is 27.4 Å². The predicted molar refractivity (Wildman–Crippen MR) is 137 cm³/mol. The lowest BCUT2D eigenvalue weighted by atomic mass is 9.95. The van der Waals surface area contributed by atoms with Gasteiger partial charge in [0.1, 0.15) is 22.4 Å². The molecule has 0 aromatic heterocycles. The highest BCUT2D eigenvalue weighted by atomic mass is 32.2. The molecular weight excluding hydrogens is 483 g/mol. The van der Waals surface area contributed by atoms with Gasteiger partial charge in [0.2, 0.25) is 0 Å². The lowest BCUT2D eigenvalue weighted by molar-refractivity contribution is 0.0759. The molecule has 190 valence electrons. The average molecular weight is 513 g/mol. The Morgan fingerprint density at radius 2 is 1.67 bits per heavy atom. The minimum Gasteiger partial charge on any atom is -0.497 e. The molecule has 0 radical (unpaired) electrons. The maximum Gasteiger partial charge on any atom is 0.301 e. The van der Waals surface area contributed by atoms with E-state index >= 15 is 0 Å². The number of ether oxygens (including phenoxy) is 2. The van der Waals surface area contributed by atoms with Crippen LogP contribution in [0.3, 0.4) is 0 Å². The van der Waals surface area contributed by atoms with Crippen molar-refractivity contribution in [1.29, 1.82) is 0 Å². The Bertz CT molecular complexity index is 1340. The first kappa shape index (κ1) is 25.7. The van der Waals surface area contributed by atoms with E-state index in [1.54, 1.807) is 51.3 Å². The van der Waals surface area contributed by atoms with Crippen molar-refractivity contribution in [3.63, 3.8) is 0 Å². The van der Waals surface area contributed by atoms with Gasteiger partial charge >= 0.3 is 6.02 Å². The largest absolute Gasteiger partial charge is 0.497 e. The van der Waals surface area contributed by atoms with Crippen LogP contribution in [0.25, 0.3) is 11.1 Å². The number of amidine groups is 1. The van der Waals surface area contributed by atoms with E-state index in [9.17, 15) is 17.9 Å². The highest BCUT2D eigenvalue weighted by Crippen LogP contribution is 2.41. The molecule has 7 nitrogen and oxygen atoms in total. The molecule has 2 atom stereocenters. The molecule has 1 aliphatic rings. The molecule has 0 fully saturated rings. The summed E-state index contributed by atoms with van der Waals surface area (Å²) in [5.41, 5.74) is 1.54. The van der Waals surface area contributed by atoms with E-state index in [1.165, 1.54) is 6.07 Å². The van der Waals surface area contributed by atoms with Gasteiger partial charge in [-0.3, -0.25) is 0 Å². The summed E-state index contributed by atoms with van der Waals surface area (Å²) in [5, 5.41) is 11.3. The van der Waals surface area contributed by atoms with Gasteiger partial charge in [-0.15, -0.1) is 4.40 Å². The summed E-state index contributed by atoms with van der Waals surface area (Å²) in [6.07, 6.45) is 0.139. The molecule has 0 aliphatic carbocycles. The molecule has 0 saturated carbocycles. The molecule has 1 aliphatic heterocycles. The first-order valence-electron chi connectivity index (χ1n) is 11.5. The predicted octanol–water partition coefficient (Wildman–Crippen LogP) is 4.75. The zero-order valence-corrected chi connectivity index (χ0v) is 21.1. The first-order chi connectivity index (χ1) is 17.1. The van der Waals surface area contributed by atoms with Gasteiger partial charge in [-0.2, -0.15) is 0 Å². The molecule has 1 heterocycles. The average Bonchev–Trinajstić information content (AvgIpc) is 2.83. The van der Waals surface area contributed by atoms with Crippen LogP contribution in [0.2, 0.25) is 0 Å². The number of methoxy groups -OCH3 is 1. The fourth-order valence-corrected chi connectivity index (χ4v) is 6.15. The number of nitrogens with zero attached hydrogens (tertiary/aromatic N) is 1. The van der Waals surface area contributed by atoms with Crippen LogP contribution in [0.4, 0.5) is 4.39 Å². The minimum atomic E-state index is -4.05. The van der Waals surface area contributed by atoms with Crippen LogP contribution in [0.1, 0.15) is 42.7 Å². The van der Waals surface area contributed by atoms with Gasteiger partial charge in [0.15, 0.2) is 0 Å². The maximum atomic E-state index is 14.4. The number of rotatable bonds is 7. The van der Waals surface area contributed by atoms with Crippen LogP contribution >= 0.6 is 0 Å². The topological polar surface area (TPSA) is 97.2 Å². The molecule has 0 spiro atoms. The highest BCUT2D eigenvalue weighted by molar-refractivity contribution is 7.90. The second kappa shape index (κ2) is 10.3. The maximum absolute atomic E-state index is 14.4. The number of aliphatic hydroxyl groups is 1. The molecule has 0 bridgehead atoms. The molecule has 3 aromatic rings. The first-order valence-corrected chi connectivity index (χ1v) is 13.0. The van der Waals surface area contributed by atoms with Gasteiger partial charge in [-0.25, -0.2) is 12.8 Å². The van der Waals surface area contributed by atoms with Crippen LogP contribution in [0.15, 0.2) is 77.2 Å². The van der Waals surface area contributed by atoms with Crippen molar-refractivity contribution in [3.8, 4) is 16.9 Å². The van der Waals surface area contributed by atoms with Crippen molar-refractivity contribution in [1.82, 2.24) is 5.32 Å². The molecule has 36 heavy (non-hydrogen) atoms. The molecule has 1 unspecified atom stereocenters. The molecule has 2 N–H and O–H groups in total. The normalized spacial score (nSPS) is 19.0. The van der Waals surface area contributed by atoms with Gasteiger partial charge in [0.05, 0.1) is 13.2 Å². The fraction of sp³-hybridized carbons (Fsp3) is 0.296. The number of aliphatic hydroxyl groups excluding tert-OH is 1. The van der Waals surface area contributed by atoms with Crippen LogP contribution in [0, 0.1) is 5.82 Å². The van der Waals surface area contributed by atoms with E-state index < -0.39 is 32.7 Å². The number of sulfonamides is 1. The van der Waals surface area contributed by atoms with Gasteiger partial charge in [-0.1, -0.05) is 54.6 Å². The summed E-state index contributed by atoms with van der Waals surface area (Å²) in [6, 6.07) is 20.0. The quantitative estimate of drug-likeness (QED) is 0.474. The number of hydrogen-bond acceptors (Lipinski definition) is 6. The molecule has 0 saturated heterocycles. The summed E-state index contributed by atoms with van der Waals surface area (Å²) in [6.45, 7) is 3.11. The Morgan fingerprint density at radius 1 is 1.06 bits per heavy atom. The lowest BCUT2D eigenvalue weighted by Gasteiger charge is -2.38. The third kappa shape index (κ3) is 5.37. The van der Waals surface area contributed by atoms with E-state index in [0.717, 1.165) is 16.9 Å². The van der Waals surface area contributed by atoms with Crippen LogP contribution < -0.4 is 10.1 Å². The smallest absolute Gasteiger partial charge is 0.301 e. The van der Waals surface area contributed by atoms with E-state index in [2.05, 4.69) is 9.71 Å². The van der Waals surface area contributed by atoms with Crippen molar-refractivity contribution in [2.24, 2.45) is 4.40 Å². The summed E-state index contributed by atoms with van der Waals surface area (Å²) in [5.74, 6) is 0.276. The Morgan fingerprint density at radius 3 is 2.22 bits per heavy atom. The van der Waals surface area contributed by atoms with Gasteiger partial charge < -0.3 is 19.9 Å². The number of benzene rings is 3. The molecular formula is C27H29FN2O5S. The summed E-state index contributed by atoms with van der Waals surface area (Å²) >= 11 is 0. The summed E-state index contributed by atoms with van der Waals surface area (Å²) < 4.78 is 56.1. The molecule has 3 aromatic carbocycles. The second-order valence-corrected chi connectivity index (χ2v) is 10.8. The van der Waals surface area contributed by atoms with Gasteiger partial charge in [0.25, 0.3) is 10.0 Å². The SMILES string of the molecule is COc1ccc(-c2ccc(C3C(C)(C)OC(N[C@@H](CCO)c4ccccc4F)=NS3(=O)=O)cc2)cc1. The minimum absolute atomic E-state index is 0.139. The summed E-state index contributed by atoms with van der Waals surface area (Å²) in [7, 11) is -2.44. The number of halogens is 1. The van der Waals surface area contributed by atoms with Crippen molar-refractivity contribution in [3.05, 3.63) is 89.7 Å². The monoisotopic (exact) mass is 512 g/mol. The van der Waals surface area contributed by atoms with E-state index in [0.29, 0.717) is 5.56 Å². The van der Waals surface area contributed by atoms with E-state index in [1.807, 2.05) is 36.4 Å². The second-order valence-electron chi connectivity index (χ2n) is 9.08. The standard InChI is InChI=1S/C27H29FN2O5S/c1-27(2)25(20-10-8-18(9-11-20)19-12-14-21(34-3)15-13-19)36(32,33)30-26(35-27)29-24(16-17-31)22-6-4-5-7-23(22)28/h4-15,24-25,31H,16-17H2,1-3H3,(H,29,30)/t24-,25?/m0/s1. The zero-order chi connectivity index (χ0) is 25.9. The number of hydrogen-bond donors (Lipinski definition) is 2. The Kier molecular flexibility index (Phi) is 7.33. The van der Waals surface area contributed by atoms with E-state index in [-0.39, 0.29) is 24.6 Å². The molecule has 4 rings (SSSR count).